The number of nitrogens with two attached hydrogens (primary N) is 1. The third-order valence-corrected chi connectivity index (χ3v) is 3.42. The van der Waals surface area contributed by atoms with Gasteiger partial charge in [-0.15, -0.1) is 0 Å². The lowest BCUT2D eigenvalue weighted by atomic mass is 10.2. The van der Waals surface area contributed by atoms with Crippen molar-refractivity contribution in [2.45, 2.75) is 13.3 Å². The second kappa shape index (κ2) is 3.93. The molecule has 2 atom stereocenters. The Hall–Kier alpha value is -0.890. The summed E-state index contributed by atoms with van der Waals surface area (Å²) in [7, 11) is 2.08. The number of hydrogen-bond acceptors (Lipinski definition) is 2. The number of nitrogens with zero attached hydrogens (tertiary/aromatic N) is 1. The van der Waals surface area contributed by atoms with Crippen LogP contribution in [0.5, 0.6) is 0 Å². The van der Waals surface area contributed by atoms with E-state index in [9.17, 15) is 0 Å². The van der Waals surface area contributed by atoms with Crippen LogP contribution < -0.4 is 10.6 Å². The van der Waals surface area contributed by atoms with Crippen LogP contribution in [0, 0.1) is 11.8 Å². The molecule has 2 rings (SSSR count). The van der Waals surface area contributed by atoms with Gasteiger partial charge in [0.2, 0.25) is 0 Å². The molecular formula is C12H17ClN2. The van der Waals surface area contributed by atoms with E-state index in [1.165, 1.54) is 6.42 Å². The number of nitrogen functional groups attached to an aromatic ring is 1. The molecule has 82 valence electrons. The molecule has 1 aromatic rings. The van der Waals surface area contributed by atoms with Gasteiger partial charge in [-0.25, -0.2) is 0 Å². The summed E-state index contributed by atoms with van der Waals surface area (Å²) in [5, 5.41) is 0.745. The van der Waals surface area contributed by atoms with Crippen LogP contribution in [-0.4, -0.2) is 13.6 Å². The largest absolute Gasteiger partial charge is 0.397 e. The molecule has 2 N–H and O–H groups in total. The molecule has 0 radical (unpaired) electrons. The molecular weight excluding hydrogens is 208 g/mol. The normalized spacial score (nSPS) is 23.9. The molecule has 0 spiro atoms. The predicted molar refractivity (Wildman–Crippen MR) is 66.4 cm³/mol. The van der Waals surface area contributed by atoms with Crippen molar-refractivity contribution in [3.05, 3.63) is 23.2 Å². The molecule has 0 heterocycles. The second-order valence-electron chi connectivity index (χ2n) is 4.56. The molecule has 2 unspecified atom stereocenters. The van der Waals surface area contributed by atoms with Crippen LogP contribution in [0.2, 0.25) is 5.02 Å². The van der Waals surface area contributed by atoms with E-state index in [2.05, 4.69) is 18.9 Å². The number of hydrogen-bond donors (Lipinski definition) is 1. The van der Waals surface area contributed by atoms with Crippen molar-refractivity contribution < 1.29 is 0 Å². The molecule has 0 aromatic heterocycles. The van der Waals surface area contributed by atoms with Crippen molar-refractivity contribution in [1.29, 1.82) is 0 Å². The van der Waals surface area contributed by atoms with E-state index in [1.54, 1.807) is 0 Å². The summed E-state index contributed by atoms with van der Waals surface area (Å²) >= 11 is 5.96. The Morgan fingerprint density at radius 1 is 1.53 bits per heavy atom. The summed E-state index contributed by atoms with van der Waals surface area (Å²) in [5.74, 6) is 1.70. The van der Waals surface area contributed by atoms with Gasteiger partial charge in [0.05, 0.1) is 11.4 Å². The molecule has 0 bridgehead atoms. The van der Waals surface area contributed by atoms with E-state index in [4.69, 9.17) is 17.3 Å². The van der Waals surface area contributed by atoms with Gasteiger partial charge in [-0.1, -0.05) is 18.5 Å². The Balaban J connectivity index is 2.10. The maximum absolute atomic E-state index is 5.96. The zero-order valence-electron chi connectivity index (χ0n) is 9.20. The second-order valence-corrected chi connectivity index (χ2v) is 4.99. The molecule has 0 amide bonds. The first kappa shape index (κ1) is 10.6. The van der Waals surface area contributed by atoms with E-state index in [0.29, 0.717) is 0 Å². The summed E-state index contributed by atoms with van der Waals surface area (Å²) in [4.78, 5) is 2.20. The average molecular weight is 225 g/mol. The monoisotopic (exact) mass is 224 g/mol. The minimum absolute atomic E-state index is 0.745. The van der Waals surface area contributed by atoms with Gasteiger partial charge in [-0.3, -0.25) is 0 Å². The van der Waals surface area contributed by atoms with Crippen molar-refractivity contribution in [3.8, 4) is 0 Å². The highest BCUT2D eigenvalue weighted by Crippen LogP contribution is 2.39. The first-order chi connectivity index (χ1) is 7.08. The van der Waals surface area contributed by atoms with Crippen molar-refractivity contribution in [2.75, 3.05) is 24.2 Å². The molecule has 2 nitrogen and oxygen atoms in total. The SMILES string of the molecule is CC1CC1CN(C)c1cc(Cl)ccc1N. The highest BCUT2D eigenvalue weighted by atomic mass is 35.5. The Bertz CT molecular complexity index is 365. The number of benzene rings is 1. The lowest BCUT2D eigenvalue weighted by Gasteiger charge is -2.21. The van der Waals surface area contributed by atoms with E-state index >= 15 is 0 Å². The van der Waals surface area contributed by atoms with Crippen LogP contribution in [0.1, 0.15) is 13.3 Å². The maximum atomic E-state index is 5.96. The predicted octanol–water partition coefficient (Wildman–Crippen LogP) is 3.01. The van der Waals surface area contributed by atoms with Gasteiger partial charge < -0.3 is 10.6 Å². The van der Waals surface area contributed by atoms with Gasteiger partial charge in [0.1, 0.15) is 0 Å². The first-order valence-corrected chi connectivity index (χ1v) is 5.72. The van der Waals surface area contributed by atoms with Gasteiger partial charge in [0.15, 0.2) is 0 Å². The summed E-state index contributed by atoms with van der Waals surface area (Å²) in [5.41, 5.74) is 7.77. The number of anilines is 2. The Labute approximate surface area is 96.0 Å². The van der Waals surface area contributed by atoms with Gasteiger partial charge in [0.25, 0.3) is 0 Å². The Morgan fingerprint density at radius 3 is 2.80 bits per heavy atom. The van der Waals surface area contributed by atoms with Crippen LogP contribution in [0.25, 0.3) is 0 Å². The quantitative estimate of drug-likeness (QED) is 0.800. The van der Waals surface area contributed by atoms with Crippen molar-refractivity contribution in [2.24, 2.45) is 11.8 Å². The van der Waals surface area contributed by atoms with Crippen LogP contribution in [0.4, 0.5) is 11.4 Å². The molecule has 1 aromatic carbocycles. The Morgan fingerprint density at radius 2 is 2.20 bits per heavy atom. The van der Waals surface area contributed by atoms with Gasteiger partial charge in [-0.05, 0) is 36.5 Å². The van der Waals surface area contributed by atoms with Crippen molar-refractivity contribution >= 4 is 23.0 Å². The highest BCUT2D eigenvalue weighted by Gasteiger charge is 2.33. The van der Waals surface area contributed by atoms with Crippen LogP contribution in [0.3, 0.4) is 0 Å². The van der Waals surface area contributed by atoms with E-state index < -0.39 is 0 Å². The fourth-order valence-electron chi connectivity index (χ4n) is 1.95. The summed E-state index contributed by atoms with van der Waals surface area (Å²) in [6, 6.07) is 5.63. The minimum atomic E-state index is 0.745. The minimum Gasteiger partial charge on any atom is -0.397 e. The van der Waals surface area contributed by atoms with Crippen molar-refractivity contribution in [1.82, 2.24) is 0 Å². The van der Waals surface area contributed by atoms with Crippen molar-refractivity contribution in [3.63, 3.8) is 0 Å². The lowest BCUT2D eigenvalue weighted by Crippen LogP contribution is -2.21. The smallest absolute Gasteiger partial charge is 0.0612 e. The third-order valence-electron chi connectivity index (χ3n) is 3.19. The molecule has 1 aliphatic rings. The zero-order valence-corrected chi connectivity index (χ0v) is 9.96. The summed E-state index contributed by atoms with van der Waals surface area (Å²) < 4.78 is 0. The van der Waals surface area contributed by atoms with Crippen LogP contribution in [0.15, 0.2) is 18.2 Å². The van der Waals surface area contributed by atoms with E-state index in [1.807, 2.05) is 18.2 Å². The number of halogens is 1. The highest BCUT2D eigenvalue weighted by molar-refractivity contribution is 6.31. The molecule has 1 aliphatic carbocycles. The Kier molecular flexibility index (Phi) is 2.79. The van der Waals surface area contributed by atoms with E-state index in [0.717, 1.165) is 34.8 Å². The molecule has 0 saturated heterocycles. The van der Waals surface area contributed by atoms with Gasteiger partial charge >= 0.3 is 0 Å². The average Bonchev–Trinajstić information content (AvgIpc) is 2.86. The standard InChI is InChI=1S/C12H17ClN2/c1-8-5-9(8)7-15(2)12-6-10(13)3-4-11(12)14/h3-4,6,8-9H,5,7,14H2,1-2H3. The fourth-order valence-corrected chi connectivity index (χ4v) is 2.12. The molecule has 1 fully saturated rings. The molecule has 1 saturated carbocycles. The lowest BCUT2D eigenvalue weighted by molar-refractivity contribution is 0.726. The summed E-state index contributed by atoms with van der Waals surface area (Å²) in [6.45, 7) is 3.37. The van der Waals surface area contributed by atoms with E-state index in [-0.39, 0.29) is 0 Å². The maximum Gasteiger partial charge on any atom is 0.0612 e. The first-order valence-electron chi connectivity index (χ1n) is 5.34. The molecule has 3 heteroatoms. The van der Waals surface area contributed by atoms with Gasteiger partial charge in [-0.2, -0.15) is 0 Å². The zero-order chi connectivity index (χ0) is 11.0. The summed E-state index contributed by atoms with van der Waals surface area (Å²) in [6.07, 6.45) is 1.34. The molecule has 0 aliphatic heterocycles. The van der Waals surface area contributed by atoms with Crippen LogP contribution >= 0.6 is 11.6 Å². The van der Waals surface area contributed by atoms with Crippen LogP contribution in [-0.2, 0) is 0 Å². The topological polar surface area (TPSA) is 29.3 Å². The number of rotatable bonds is 3. The van der Waals surface area contributed by atoms with Gasteiger partial charge in [0, 0.05) is 18.6 Å². The third kappa shape index (κ3) is 2.37. The molecule has 15 heavy (non-hydrogen) atoms. The fraction of sp³-hybridized carbons (Fsp3) is 0.500.